The molecule has 1 aromatic carbocycles. The molecule has 0 aliphatic heterocycles. The Morgan fingerprint density at radius 1 is 1.35 bits per heavy atom. The van der Waals surface area contributed by atoms with Crippen molar-refractivity contribution in [3.8, 4) is 5.75 Å². The molecule has 0 radical (unpaired) electrons. The lowest BCUT2D eigenvalue weighted by Gasteiger charge is -2.12. The number of anilines is 1. The number of rotatable bonds is 7. The maximum absolute atomic E-state index is 11.7. The molecule has 1 rings (SSSR count). The van der Waals surface area contributed by atoms with Crippen molar-refractivity contribution >= 4 is 27.3 Å². The summed E-state index contributed by atoms with van der Waals surface area (Å²) in [6, 6.07) is 6.94. The van der Waals surface area contributed by atoms with Crippen molar-refractivity contribution < 1.29 is 13.2 Å². The number of alkyl halides is 1. The van der Waals surface area contributed by atoms with Crippen LogP contribution in [0.15, 0.2) is 24.3 Å². The quantitative estimate of drug-likeness (QED) is 0.779. The zero-order valence-electron chi connectivity index (χ0n) is 9.65. The molecular weight excluding hydrogens is 262 g/mol. The molecule has 0 atom stereocenters. The lowest BCUT2D eigenvalue weighted by atomic mass is 10.3. The van der Waals surface area contributed by atoms with Crippen LogP contribution < -0.4 is 9.46 Å². The summed E-state index contributed by atoms with van der Waals surface area (Å²) >= 11 is 5.47. The summed E-state index contributed by atoms with van der Waals surface area (Å²) < 4.78 is 31.2. The normalized spacial score (nSPS) is 11.2. The minimum atomic E-state index is -3.35. The second-order valence-corrected chi connectivity index (χ2v) is 5.61. The van der Waals surface area contributed by atoms with Crippen molar-refractivity contribution in [2.75, 3.05) is 23.0 Å². The first kappa shape index (κ1) is 14.1. The molecule has 96 valence electrons. The Labute approximate surface area is 107 Å². The van der Waals surface area contributed by atoms with Crippen LogP contribution >= 0.6 is 11.6 Å². The Bertz CT molecular complexity index is 448. The summed E-state index contributed by atoms with van der Waals surface area (Å²) in [5.41, 5.74) is 0.462. The van der Waals surface area contributed by atoms with E-state index in [9.17, 15) is 8.42 Å². The van der Waals surface area contributed by atoms with Gasteiger partial charge in [-0.15, -0.1) is 11.6 Å². The summed E-state index contributed by atoms with van der Waals surface area (Å²) in [5, 5.41) is 0. The van der Waals surface area contributed by atoms with Crippen LogP contribution in [0.25, 0.3) is 0 Å². The van der Waals surface area contributed by atoms with Gasteiger partial charge in [0.1, 0.15) is 5.75 Å². The average molecular weight is 278 g/mol. The minimum Gasteiger partial charge on any atom is -0.492 e. The first-order chi connectivity index (χ1) is 8.09. The molecule has 0 saturated carbocycles. The van der Waals surface area contributed by atoms with Gasteiger partial charge in [0.05, 0.1) is 18.0 Å². The number of sulfonamides is 1. The fraction of sp³-hybridized carbons (Fsp3) is 0.455. The SMILES string of the molecule is CCOc1ccccc1NS(=O)(=O)CCCCl. The van der Waals surface area contributed by atoms with E-state index in [0.29, 0.717) is 30.3 Å². The number of ether oxygens (including phenoxy) is 1. The Morgan fingerprint density at radius 3 is 2.71 bits per heavy atom. The van der Waals surface area contributed by atoms with Crippen LogP contribution in [0.1, 0.15) is 13.3 Å². The van der Waals surface area contributed by atoms with Gasteiger partial charge in [-0.1, -0.05) is 12.1 Å². The predicted octanol–water partition coefficient (Wildman–Crippen LogP) is 2.46. The van der Waals surface area contributed by atoms with E-state index >= 15 is 0 Å². The van der Waals surface area contributed by atoms with Crippen LogP contribution in [0.3, 0.4) is 0 Å². The van der Waals surface area contributed by atoms with E-state index in [4.69, 9.17) is 16.3 Å². The first-order valence-electron chi connectivity index (χ1n) is 5.37. The third-order valence-corrected chi connectivity index (χ3v) is 3.62. The number of para-hydroxylation sites is 2. The molecule has 0 saturated heterocycles. The fourth-order valence-corrected chi connectivity index (χ4v) is 2.72. The standard InChI is InChI=1S/C11H16ClNO3S/c1-2-16-11-7-4-3-6-10(11)13-17(14,15)9-5-8-12/h3-4,6-7,13H,2,5,8-9H2,1H3. The van der Waals surface area contributed by atoms with Crippen molar-refractivity contribution in [1.82, 2.24) is 0 Å². The van der Waals surface area contributed by atoms with E-state index < -0.39 is 10.0 Å². The molecular formula is C11H16ClNO3S. The van der Waals surface area contributed by atoms with Crippen LogP contribution in [0.5, 0.6) is 5.75 Å². The molecule has 4 nitrogen and oxygen atoms in total. The van der Waals surface area contributed by atoms with Crippen molar-refractivity contribution in [3.05, 3.63) is 24.3 Å². The number of hydrogen-bond donors (Lipinski definition) is 1. The second kappa shape index (κ2) is 6.71. The first-order valence-corrected chi connectivity index (χ1v) is 7.56. The molecule has 0 bridgehead atoms. The van der Waals surface area contributed by atoms with E-state index in [-0.39, 0.29) is 5.75 Å². The van der Waals surface area contributed by atoms with Crippen molar-refractivity contribution in [2.24, 2.45) is 0 Å². The van der Waals surface area contributed by atoms with Crippen LogP contribution in [0.2, 0.25) is 0 Å². The molecule has 6 heteroatoms. The Hall–Kier alpha value is -0.940. The molecule has 0 fully saturated rings. The topological polar surface area (TPSA) is 55.4 Å². The lowest BCUT2D eigenvalue weighted by Crippen LogP contribution is -2.17. The molecule has 0 aliphatic carbocycles. The summed E-state index contributed by atoms with van der Waals surface area (Å²) in [7, 11) is -3.35. The monoisotopic (exact) mass is 277 g/mol. The second-order valence-electron chi connectivity index (χ2n) is 3.39. The highest BCUT2D eigenvalue weighted by molar-refractivity contribution is 7.92. The fourth-order valence-electron chi connectivity index (χ4n) is 1.30. The van der Waals surface area contributed by atoms with Gasteiger partial charge in [0.15, 0.2) is 0 Å². The Balaban J connectivity index is 2.80. The third-order valence-electron chi connectivity index (χ3n) is 2.00. The average Bonchev–Trinajstić information content (AvgIpc) is 2.29. The van der Waals surface area contributed by atoms with Crippen LogP contribution in [-0.4, -0.2) is 26.7 Å². The summed E-state index contributed by atoms with van der Waals surface area (Å²) in [5.74, 6) is 0.870. The smallest absolute Gasteiger partial charge is 0.232 e. The van der Waals surface area contributed by atoms with Gasteiger partial charge >= 0.3 is 0 Å². The number of benzene rings is 1. The molecule has 0 unspecified atom stereocenters. The predicted molar refractivity (Wildman–Crippen MR) is 70.4 cm³/mol. The van der Waals surface area contributed by atoms with Gasteiger partial charge in [0.25, 0.3) is 0 Å². The van der Waals surface area contributed by atoms with E-state index in [1.807, 2.05) is 6.92 Å². The van der Waals surface area contributed by atoms with E-state index in [2.05, 4.69) is 4.72 Å². The van der Waals surface area contributed by atoms with Crippen molar-refractivity contribution in [3.63, 3.8) is 0 Å². The van der Waals surface area contributed by atoms with Gasteiger partial charge in [-0.2, -0.15) is 0 Å². The van der Waals surface area contributed by atoms with Gasteiger partial charge in [-0.25, -0.2) is 8.42 Å². The third kappa shape index (κ3) is 4.83. The van der Waals surface area contributed by atoms with Gasteiger partial charge in [0.2, 0.25) is 10.0 Å². The van der Waals surface area contributed by atoms with E-state index in [1.165, 1.54) is 0 Å². The highest BCUT2D eigenvalue weighted by atomic mass is 35.5. The van der Waals surface area contributed by atoms with E-state index in [1.54, 1.807) is 24.3 Å². The van der Waals surface area contributed by atoms with Crippen molar-refractivity contribution in [2.45, 2.75) is 13.3 Å². The molecule has 0 amide bonds. The molecule has 1 N–H and O–H groups in total. The summed E-state index contributed by atoms with van der Waals surface area (Å²) in [6.07, 6.45) is 0.424. The Kier molecular flexibility index (Phi) is 5.58. The Morgan fingerprint density at radius 2 is 2.06 bits per heavy atom. The zero-order valence-corrected chi connectivity index (χ0v) is 11.2. The van der Waals surface area contributed by atoms with Crippen molar-refractivity contribution in [1.29, 1.82) is 0 Å². The van der Waals surface area contributed by atoms with Gasteiger partial charge in [-0.3, -0.25) is 4.72 Å². The van der Waals surface area contributed by atoms with Gasteiger partial charge in [0, 0.05) is 5.88 Å². The summed E-state index contributed by atoms with van der Waals surface area (Å²) in [4.78, 5) is 0. The highest BCUT2D eigenvalue weighted by Gasteiger charge is 2.12. The van der Waals surface area contributed by atoms with E-state index in [0.717, 1.165) is 0 Å². The molecule has 0 aromatic heterocycles. The molecule has 1 aromatic rings. The minimum absolute atomic E-state index is 0.0109. The highest BCUT2D eigenvalue weighted by Crippen LogP contribution is 2.24. The van der Waals surface area contributed by atoms with Crippen LogP contribution in [-0.2, 0) is 10.0 Å². The zero-order chi connectivity index (χ0) is 12.7. The molecule has 0 heterocycles. The van der Waals surface area contributed by atoms with Crippen LogP contribution in [0.4, 0.5) is 5.69 Å². The molecule has 0 spiro atoms. The molecule has 0 aliphatic rings. The summed E-state index contributed by atoms with van der Waals surface area (Å²) in [6.45, 7) is 2.33. The van der Waals surface area contributed by atoms with Crippen LogP contribution in [0, 0.1) is 0 Å². The maximum atomic E-state index is 11.7. The number of halogens is 1. The maximum Gasteiger partial charge on any atom is 0.232 e. The van der Waals surface area contributed by atoms with Gasteiger partial charge in [-0.05, 0) is 25.5 Å². The number of hydrogen-bond acceptors (Lipinski definition) is 3. The largest absolute Gasteiger partial charge is 0.492 e. The number of nitrogens with one attached hydrogen (secondary N) is 1. The lowest BCUT2D eigenvalue weighted by molar-refractivity contribution is 0.342. The molecule has 17 heavy (non-hydrogen) atoms. The van der Waals surface area contributed by atoms with Gasteiger partial charge < -0.3 is 4.74 Å².